The zero-order chi connectivity index (χ0) is 11.8. The van der Waals surface area contributed by atoms with E-state index in [0.29, 0.717) is 0 Å². The molecular formula is C13H22NS2+. The first-order valence-corrected chi connectivity index (χ1v) is 7.58. The maximum absolute atomic E-state index is 5.49. The van der Waals surface area contributed by atoms with Gasteiger partial charge >= 0.3 is 0 Å². The molecule has 16 heavy (non-hydrogen) atoms. The number of allylic oxidation sites excluding steroid dienone is 1. The summed E-state index contributed by atoms with van der Waals surface area (Å²) in [5.74, 6) is 0. The van der Waals surface area contributed by atoms with Crippen molar-refractivity contribution in [2.45, 2.75) is 58.4 Å². The molecule has 0 aromatic carbocycles. The van der Waals surface area contributed by atoms with E-state index in [0.717, 1.165) is 20.5 Å². The van der Waals surface area contributed by atoms with Crippen LogP contribution in [0, 0.1) is 0 Å². The van der Waals surface area contributed by atoms with Gasteiger partial charge in [-0.25, -0.2) is 3.89 Å². The lowest BCUT2D eigenvalue weighted by molar-refractivity contribution is -0.763. The van der Waals surface area contributed by atoms with Crippen molar-refractivity contribution < 1.29 is 3.89 Å². The molecular weight excluding hydrogens is 234 g/mol. The van der Waals surface area contributed by atoms with Crippen LogP contribution in [-0.4, -0.2) is 21.2 Å². The van der Waals surface area contributed by atoms with E-state index in [1.54, 1.807) is 5.70 Å². The van der Waals surface area contributed by atoms with Crippen LogP contribution in [0.15, 0.2) is 11.3 Å². The van der Waals surface area contributed by atoms with Gasteiger partial charge in [0.1, 0.15) is 27.9 Å². The van der Waals surface area contributed by atoms with Gasteiger partial charge in [0.05, 0.1) is 7.05 Å². The van der Waals surface area contributed by atoms with E-state index >= 15 is 0 Å². The number of thiocarbonyl (C=S) groups is 1. The van der Waals surface area contributed by atoms with E-state index in [1.165, 1.54) is 37.7 Å². The summed E-state index contributed by atoms with van der Waals surface area (Å²) in [6.45, 7) is 4.48. The van der Waals surface area contributed by atoms with Crippen molar-refractivity contribution in [2.24, 2.45) is 0 Å². The standard InChI is InChI=1S/C13H22NS2/c1-4-12-10(2)13(15)16-14(12,3)11-8-6-5-7-9-11/h11H,4-9H2,1-3H3/q+1/t14-/m1/s1. The normalized spacial score (nSPS) is 32.6. The lowest BCUT2D eigenvalue weighted by Gasteiger charge is -2.38. The van der Waals surface area contributed by atoms with E-state index in [-0.39, 0.29) is 0 Å². The van der Waals surface area contributed by atoms with E-state index < -0.39 is 0 Å². The Labute approximate surface area is 109 Å². The Morgan fingerprint density at radius 3 is 2.50 bits per heavy atom. The molecule has 90 valence electrons. The Kier molecular flexibility index (Phi) is 3.77. The fraction of sp³-hybridized carbons (Fsp3) is 0.769. The minimum Gasteiger partial charge on any atom is -0.228 e. The first-order chi connectivity index (χ1) is 7.59. The van der Waals surface area contributed by atoms with Gasteiger partial charge in [0.25, 0.3) is 0 Å². The number of quaternary nitrogens is 1. The molecule has 0 aromatic rings. The molecule has 1 heterocycles. The van der Waals surface area contributed by atoms with Crippen molar-refractivity contribution in [3.63, 3.8) is 0 Å². The van der Waals surface area contributed by atoms with Crippen LogP contribution in [0.2, 0.25) is 0 Å². The summed E-state index contributed by atoms with van der Waals surface area (Å²) in [6, 6.07) is 0.795. The van der Waals surface area contributed by atoms with Crippen LogP contribution in [0.3, 0.4) is 0 Å². The fourth-order valence-electron chi connectivity index (χ4n) is 3.19. The van der Waals surface area contributed by atoms with Crippen LogP contribution in [0.25, 0.3) is 0 Å². The van der Waals surface area contributed by atoms with Gasteiger partial charge < -0.3 is 0 Å². The van der Waals surface area contributed by atoms with Crippen LogP contribution in [0.1, 0.15) is 52.4 Å². The smallest absolute Gasteiger partial charge is 0.138 e. The van der Waals surface area contributed by atoms with Crippen molar-refractivity contribution in [3.8, 4) is 0 Å². The molecule has 0 spiro atoms. The molecule has 0 bridgehead atoms. The highest BCUT2D eigenvalue weighted by Crippen LogP contribution is 2.47. The molecule has 0 unspecified atom stereocenters. The lowest BCUT2D eigenvalue weighted by Crippen LogP contribution is -2.44. The average Bonchev–Trinajstić information content (AvgIpc) is 2.52. The Hall–Kier alpha value is 0.140. The Morgan fingerprint density at radius 2 is 1.94 bits per heavy atom. The van der Waals surface area contributed by atoms with Gasteiger partial charge in [0.2, 0.25) is 0 Å². The average molecular weight is 256 g/mol. The maximum atomic E-state index is 5.49. The van der Waals surface area contributed by atoms with Gasteiger partial charge in [0.15, 0.2) is 0 Å². The van der Waals surface area contributed by atoms with Crippen molar-refractivity contribution in [2.75, 3.05) is 7.05 Å². The molecule has 0 amide bonds. The molecule has 2 rings (SSSR count). The van der Waals surface area contributed by atoms with Crippen molar-refractivity contribution in [1.82, 2.24) is 0 Å². The molecule has 1 nitrogen and oxygen atoms in total. The predicted octanol–water partition coefficient (Wildman–Crippen LogP) is 4.44. The van der Waals surface area contributed by atoms with Gasteiger partial charge in [-0.3, -0.25) is 0 Å². The van der Waals surface area contributed by atoms with Crippen LogP contribution >= 0.6 is 24.2 Å². The minimum absolute atomic E-state index is 0.795. The SMILES string of the molecule is CCC1=C(C)C(=S)S[N@+]1(C)C1CCCCC1. The van der Waals surface area contributed by atoms with E-state index in [2.05, 4.69) is 20.9 Å². The summed E-state index contributed by atoms with van der Waals surface area (Å²) in [6.07, 6.45) is 8.14. The molecule has 0 N–H and O–H groups in total. The van der Waals surface area contributed by atoms with Crippen LogP contribution in [0.5, 0.6) is 0 Å². The predicted molar refractivity (Wildman–Crippen MR) is 76.2 cm³/mol. The number of hydrogen-bond acceptors (Lipinski definition) is 2. The quantitative estimate of drug-likeness (QED) is 0.407. The summed E-state index contributed by atoms with van der Waals surface area (Å²) in [7, 11) is 2.38. The third-order valence-corrected chi connectivity index (χ3v) is 6.05. The molecule has 1 aliphatic heterocycles. The Bertz CT molecular complexity index is 329. The summed E-state index contributed by atoms with van der Waals surface area (Å²) in [5, 5.41) is 0. The van der Waals surface area contributed by atoms with Gasteiger partial charge in [-0.1, -0.05) is 25.6 Å². The fourth-order valence-corrected chi connectivity index (χ4v) is 5.11. The van der Waals surface area contributed by atoms with Crippen LogP contribution < -0.4 is 0 Å². The molecule has 0 aromatic heterocycles. The van der Waals surface area contributed by atoms with Gasteiger partial charge in [0, 0.05) is 24.8 Å². The van der Waals surface area contributed by atoms with Crippen molar-refractivity contribution in [1.29, 1.82) is 0 Å². The molecule has 0 saturated heterocycles. The monoisotopic (exact) mass is 256 g/mol. The summed E-state index contributed by atoms with van der Waals surface area (Å²) in [4.78, 5) is 0. The number of rotatable bonds is 2. The van der Waals surface area contributed by atoms with Gasteiger partial charge in [-0.05, 0) is 19.8 Å². The highest BCUT2D eigenvalue weighted by atomic mass is 32.2. The first kappa shape index (κ1) is 12.6. The second-order valence-corrected chi connectivity index (χ2v) is 7.10. The molecule has 0 radical (unpaired) electrons. The zero-order valence-corrected chi connectivity index (χ0v) is 12.2. The van der Waals surface area contributed by atoms with E-state index in [1.807, 2.05) is 11.9 Å². The highest BCUT2D eigenvalue weighted by molar-refractivity contribution is 8.20. The second kappa shape index (κ2) is 4.79. The summed E-state index contributed by atoms with van der Waals surface area (Å²) >= 11 is 7.40. The van der Waals surface area contributed by atoms with Crippen molar-refractivity contribution >= 4 is 28.4 Å². The minimum atomic E-state index is 0.795. The topological polar surface area (TPSA) is 0 Å². The van der Waals surface area contributed by atoms with E-state index in [4.69, 9.17) is 12.2 Å². The van der Waals surface area contributed by atoms with Gasteiger partial charge in [-0.2, -0.15) is 0 Å². The third kappa shape index (κ3) is 1.98. The summed E-state index contributed by atoms with van der Waals surface area (Å²) in [5.41, 5.74) is 2.96. The van der Waals surface area contributed by atoms with Gasteiger partial charge in [-0.15, -0.1) is 0 Å². The highest BCUT2D eigenvalue weighted by Gasteiger charge is 2.45. The van der Waals surface area contributed by atoms with Crippen LogP contribution in [-0.2, 0) is 0 Å². The molecule has 1 saturated carbocycles. The summed E-state index contributed by atoms with van der Waals surface area (Å²) < 4.78 is 2.19. The van der Waals surface area contributed by atoms with E-state index in [9.17, 15) is 0 Å². The second-order valence-electron chi connectivity index (χ2n) is 5.09. The Morgan fingerprint density at radius 1 is 1.31 bits per heavy atom. The largest absolute Gasteiger partial charge is 0.228 e. The van der Waals surface area contributed by atoms with Crippen molar-refractivity contribution in [3.05, 3.63) is 11.3 Å². The molecule has 1 fully saturated rings. The van der Waals surface area contributed by atoms with Crippen LogP contribution in [0.4, 0.5) is 0 Å². The lowest BCUT2D eigenvalue weighted by atomic mass is 9.93. The number of nitrogens with zero attached hydrogens (tertiary/aromatic N) is 1. The number of hydrogen-bond donors (Lipinski definition) is 0. The molecule has 3 heteroatoms. The maximum Gasteiger partial charge on any atom is 0.138 e. The molecule has 2 aliphatic rings. The molecule has 1 atom stereocenters. The Balaban J connectivity index is 2.27. The first-order valence-electron chi connectivity index (χ1n) is 6.40. The molecule has 1 aliphatic carbocycles. The zero-order valence-electron chi connectivity index (χ0n) is 10.6. The third-order valence-electron chi connectivity index (χ3n) is 4.15.